The number of carbonyl (C=O) groups is 1. The molecule has 1 amide bonds. The molecule has 1 unspecified atom stereocenters. The van der Waals surface area contributed by atoms with Crippen LogP contribution in [0.1, 0.15) is 18.5 Å². The summed E-state index contributed by atoms with van der Waals surface area (Å²) in [5.41, 5.74) is 1.74. The largest absolute Gasteiger partial charge is 0.486 e. The highest BCUT2D eigenvalue weighted by Crippen LogP contribution is 2.32. The number of benzene rings is 1. The molecule has 0 aliphatic carbocycles. The van der Waals surface area contributed by atoms with Gasteiger partial charge < -0.3 is 14.8 Å². The van der Waals surface area contributed by atoms with Crippen molar-refractivity contribution in [2.75, 3.05) is 19.0 Å². The molecule has 1 N–H and O–H groups in total. The van der Waals surface area contributed by atoms with E-state index in [-0.39, 0.29) is 17.7 Å². The Bertz CT molecular complexity index is 943. The number of hydrogen-bond acceptors (Lipinski definition) is 6. The summed E-state index contributed by atoms with van der Waals surface area (Å²) in [6, 6.07) is 11.3. The minimum Gasteiger partial charge on any atom is -0.486 e. The maximum atomic E-state index is 12.3. The molecule has 1 aromatic carbocycles. The van der Waals surface area contributed by atoms with E-state index in [2.05, 4.69) is 15.5 Å². The van der Waals surface area contributed by atoms with Gasteiger partial charge in [0, 0.05) is 6.20 Å². The average Bonchev–Trinajstić information content (AvgIpc) is 3.09. The monoisotopic (exact) mass is 370 g/mol. The smallest absolute Gasteiger partial charge is 0.230 e. The number of carbonyl (C=O) groups excluding carboxylic acids is 1. The second kappa shape index (κ2) is 7.25. The van der Waals surface area contributed by atoms with Gasteiger partial charge in [-0.3, -0.25) is 9.20 Å². The van der Waals surface area contributed by atoms with Crippen LogP contribution < -0.4 is 14.8 Å². The highest BCUT2D eigenvalue weighted by Gasteiger charge is 2.16. The number of hydrogen-bond donors (Lipinski definition) is 1. The zero-order valence-electron chi connectivity index (χ0n) is 14.2. The van der Waals surface area contributed by atoms with Gasteiger partial charge in [-0.2, -0.15) is 0 Å². The minimum absolute atomic E-state index is 0.0647. The highest BCUT2D eigenvalue weighted by molar-refractivity contribution is 7.99. The van der Waals surface area contributed by atoms with Gasteiger partial charge in [-0.15, -0.1) is 10.2 Å². The number of nitrogens with one attached hydrogen (secondary N) is 1. The fourth-order valence-electron chi connectivity index (χ4n) is 2.74. The summed E-state index contributed by atoms with van der Waals surface area (Å²) in [6.45, 7) is 3.05. The van der Waals surface area contributed by atoms with Gasteiger partial charge in [-0.05, 0) is 36.8 Å². The Morgan fingerprint density at radius 1 is 1.23 bits per heavy atom. The van der Waals surface area contributed by atoms with E-state index in [1.807, 2.05) is 53.9 Å². The predicted octanol–water partition coefficient (Wildman–Crippen LogP) is 2.47. The lowest BCUT2D eigenvalue weighted by molar-refractivity contribution is -0.119. The first-order chi connectivity index (χ1) is 12.7. The summed E-state index contributed by atoms with van der Waals surface area (Å²) in [5, 5.41) is 11.9. The van der Waals surface area contributed by atoms with Crippen molar-refractivity contribution in [3.8, 4) is 11.5 Å². The molecule has 2 aromatic heterocycles. The molecule has 1 atom stereocenters. The maximum Gasteiger partial charge on any atom is 0.230 e. The van der Waals surface area contributed by atoms with Crippen LogP contribution in [0.3, 0.4) is 0 Å². The molecule has 0 radical (unpaired) electrons. The van der Waals surface area contributed by atoms with Crippen LogP contribution in [0.2, 0.25) is 0 Å². The molecule has 0 fully saturated rings. The first kappa shape index (κ1) is 16.7. The fourth-order valence-corrected chi connectivity index (χ4v) is 3.48. The first-order valence-electron chi connectivity index (χ1n) is 8.32. The van der Waals surface area contributed by atoms with E-state index in [9.17, 15) is 4.79 Å². The van der Waals surface area contributed by atoms with Gasteiger partial charge in [-0.1, -0.05) is 23.9 Å². The summed E-state index contributed by atoms with van der Waals surface area (Å²) in [7, 11) is 0. The molecule has 1 aliphatic rings. The van der Waals surface area contributed by atoms with Gasteiger partial charge in [0.1, 0.15) is 13.2 Å². The van der Waals surface area contributed by atoms with E-state index in [0.717, 1.165) is 22.7 Å². The summed E-state index contributed by atoms with van der Waals surface area (Å²) in [5.74, 6) is 1.67. The van der Waals surface area contributed by atoms with Crippen molar-refractivity contribution in [2.45, 2.75) is 18.1 Å². The number of fused-ring (bicyclic) bond motifs is 2. The van der Waals surface area contributed by atoms with Crippen LogP contribution in [0.25, 0.3) is 5.65 Å². The van der Waals surface area contributed by atoms with Gasteiger partial charge in [0.05, 0.1) is 11.8 Å². The van der Waals surface area contributed by atoms with Crippen molar-refractivity contribution in [3.63, 3.8) is 0 Å². The molecule has 0 spiro atoms. The third-order valence-corrected chi connectivity index (χ3v) is 5.00. The van der Waals surface area contributed by atoms with Crippen molar-refractivity contribution in [1.82, 2.24) is 19.9 Å². The molecule has 8 heteroatoms. The summed E-state index contributed by atoms with van der Waals surface area (Å²) in [4.78, 5) is 12.3. The van der Waals surface area contributed by atoms with Crippen LogP contribution in [-0.4, -0.2) is 39.5 Å². The van der Waals surface area contributed by atoms with E-state index < -0.39 is 0 Å². The van der Waals surface area contributed by atoms with Crippen molar-refractivity contribution in [2.24, 2.45) is 0 Å². The molecule has 4 rings (SSSR count). The van der Waals surface area contributed by atoms with E-state index in [1.54, 1.807) is 0 Å². The Kier molecular flexibility index (Phi) is 4.66. The van der Waals surface area contributed by atoms with Crippen LogP contribution in [-0.2, 0) is 4.79 Å². The second-order valence-electron chi connectivity index (χ2n) is 5.89. The number of nitrogens with zero attached hydrogens (tertiary/aromatic N) is 3. The van der Waals surface area contributed by atoms with Crippen molar-refractivity contribution < 1.29 is 14.3 Å². The van der Waals surface area contributed by atoms with Gasteiger partial charge in [-0.25, -0.2) is 0 Å². The Balaban J connectivity index is 1.37. The van der Waals surface area contributed by atoms with Crippen molar-refractivity contribution >= 4 is 23.3 Å². The quantitative estimate of drug-likeness (QED) is 0.695. The van der Waals surface area contributed by atoms with Gasteiger partial charge >= 0.3 is 0 Å². The van der Waals surface area contributed by atoms with Crippen LogP contribution >= 0.6 is 11.8 Å². The number of aromatic nitrogens is 3. The summed E-state index contributed by atoms with van der Waals surface area (Å²) >= 11 is 1.36. The second-order valence-corrected chi connectivity index (χ2v) is 6.83. The first-order valence-corrected chi connectivity index (χ1v) is 9.31. The molecule has 0 bridgehead atoms. The minimum atomic E-state index is -0.130. The normalized spacial score (nSPS) is 14.2. The van der Waals surface area contributed by atoms with Crippen LogP contribution in [0.5, 0.6) is 11.5 Å². The Morgan fingerprint density at radius 2 is 2.08 bits per heavy atom. The molecule has 0 saturated carbocycles. The molecule has 7 nitrogen and oxygen atoms in total. The summed E-state index contributed by atoms with van der Waals surface area (Å²) in [6.07, 6.45) is 1.88. The Labute approximate surface area is 154 Å². The van der Waals surface area contributed by atoms with Crippen LogP contribution in [0, 0.1) is 0 Å². The maximum absolute atomic E-state index is 12.3. The van der Waals surface area contributed by atoms with E-state index in [1.165, 1.54) is 11.8 Å². The highest BCUT2D eigenvalue weighted by atomic mass is 32.2. The number of rotatable bonds is 5. The zero-order valence-corrected chi connectivity index (χ0v) is 15.0. The number of pyridine rings is 1. The molecular weight excluding hydrogens is 352 g/mol. The van der Waals surface area contributed by atoms with Gasteiger partial charge in [0.2, 0.25) is 5.91 Å². The lowest BCUT2D eigenvalue weighted by Gasteiger charge is -2.21. The molecule has 3 aromatic rings. The van der Waals surface area contributed by atoms with E-state index >= 15 is 0 Å². The summed E-state index contributed by atoms with van der Waals surface area (Å²) < 4.78 is 13.0. The fraction of sp³-hybridized carbons (Fsp3) is 0.278. The lowest BCUT2D eigenvalue weighted by atomic mass is 10.1. The van der Waals surface area contributed by atoms with Gasteiger partial charge in [0.15, 0.2) is 22.3 Å². The van der Waals surface area contributed by atoms with Crippen LogP contribution in [0.15, 0.2) is 47.8 Å². The molecule has 1 aliphatic heterocycles. The Morgan fingerprint density at radius 3 is 2.96 bits per heavy atom. The lowest BCUT2D eigenvalue weighted by Crippen LogP contribution is -2.28. The van der Waals surface area contributed by atoms with Crippen molar-refractivity contribution in [3.05, 3.63) is 48.2 Å². The van der Waals surface area contributed by atoms with Crippen molar-refractivity contribution in [1.29, 1.82) is 0 Å². The number of thioether (sulfide) groups is 1. The average molecular weight is 370 g/mol. The molecular formula is C18H18N4O3S. The number of ether oxygens (including phenoxy) is 2. The third-order valence-electron chi connectivity index (χ3n) is 4.06. The molecule has 3 heterocycles. The van der Waals surface area contributed by atoms with E-state index in [4.69, 9.17) is 9.47 Å². The molecule has 0 saturated heterocycles. The topological polar surface area (TPSA) is 77.8 Å². The Hall–Kier alpha value is -2.74. The molecule has 134 valence electrons. The standard InChI is InChI=1S/C18H18N4O3S/c1-12(13-5-6-14-15(10-13)25-9-8-24-14)19-17(23)11-26-18-21-20-16-4-2-3-7-22(16)18/h2-7,10,12H,8-9,11H2,1H3,(H,19,23). The zero-order chi connectivity index (χ0) is 17.9. The van der Waals surface area contributed by atoms with E-state index in [0.29, 0.717) is 18.4 Å². The predicted molar refractivity (Wildman–Crippen MR) is 97.7 cm³/mol. The molecule has 26 heavy (non-hydrogen) atoms. The number of amides is 1. The van der Waals surface area contributed by atoms with Crippen LogP contribution in [0.4, 0.5) is 0 Å². The third kappa shape index (κ3) is 3.45. The SMILES string of the molecule is CC(NC(=O)CSc1nnc2ccccn12)c1ccc2c(c1)OCCO2. The van der Waals surface area contributed by atoms with Gasteiger partial charge in [0.25, 0.3) is 0 Å².